The zero-order valence-corrected chi connectivity index (χ0v) is 23.9. The van der Waals surface area contributed by atoms with E-state index in [-0.39, 0.29) is 11.6 Å². The van der Waals surface area contributed by atoms with Crippen molar-refractivity contribution in [3.05, 3.63) is 77.6 Å². The fourth-order valence-corrected chi connectivity index (χ4v) is 7.92. The van der Waals surface area contributed by atoms with Crippen LogP contribution in [0.1, 0.15) is 29.8 Å². The minimum atomic E-state index is -0.0956. The van der Waals surface area contributed by atoms with Crippen LogP contribution in [0.15, 0.2) is 60.7 Å². The first kappa shape index (κ1) is 24.7. The van der Waals surface area contributed by atoms with E-state index < -0.39 is 0 Å². The van der Waals surface area contributed by atoms with Crippen LogP contribution in [-0.4, -0.2) is 60.8 Å². The number of fused-ring (bicyclic) bond motifs is 3. The minimum Gasteiger partial charge on any atom is -0.495 e. The van der Waals surface area contributed by atoms with E-state index in [1.807, 2.05) is 30.9 Å². The number of anilines is 3. The number of aromatic nitrogens is 1. The van der Waals surface area contributed by atoms with Gasteiger partial charge >= 0.3 is 6.03 Å². The Morgan fingerprint density at radius 1 is 0.976 bits per heavy atom. The summed E-state index contributed by atoms with van der Waals surface area (Å²) in [6, 6.07) is 21.5. The number of rotatable bonds is 4. The van der Waals surface area contributed by atoms with Gasteiger partial charge in [-0.25, -0.2) is 4.79 Å². The van der Waals surface area contributed by atoms with Crippen LogP contribution in [0.4, 0.5) is 21.9 Å². The predicted octanol–water partition coefficient (Wildman–Crippen LogP) is 6.16. The van der Waals surface area contributed by atoms with Crippen LogP contribution >= 0.6 is 0 Å². The highest BCUT2D eigenvalue weighted by atomic mass is 16.5. The fraction of sp³-hybridized carbons (Fsp3) is 0.353. The van der Waals surface area contributed by atoms with E-state index in [0.717, 1.165) is 69.1 Å². The molecule has 208 valence electrons. The van der Waals surface area contributed by atoms with Gasteiger partial charge in [0.1, 0.15) is 5.75 Å². The molecule has 4 aliphatic rings. The molecule has 1 N–H and O–H groups in total. The first-order valence-corrected chi connectivity index (χ1v) is 14.7. The predicted molar refractivity (Wildman–Crippen MR) is 164 cm³/mol. The lowest BCUT2D eigenvalue weighted by Crippen LogP contribution is -2.33. The molecular weight excluding hydrogens is 510 g/mol. The summed E-state index contributed by atoms with van der Waals surface area (Å²) in [4.78, 5) is 25.5. The van der Waals surface area contributed by atoms with Gasteiger partial charge in [-0.05, 0) is 85.5 Å². The summed E-state index contributed by atoms with van der Waals surface area (Å²) in [5.41, 5.74) is 8.64. The molecule has 0 radical (unpaired) electrons. The lowest BCUT2D eigenvalue weighted by Gasteiger charge is -2.22. The van der Waals surface area contributed by atoms with Crippen LogP contribution in [0.2, 0.25) is 0 Å². The number of hydrogen-bond donors (Lipinski definition) is 1. The number of carbonyl (C=O) groups excluding carboxylic acids is 1. The number of ether oxygens (including phenoxy) is 1. The summed E-state index contributed by atoms with van der Waals surface area (Å²) in [6.07, 6.45) is 3.23. The molecule has 0 saturated carbocycles. The summed E-state index contributed by atoms with van der Waals surface area (Å²) in [5, 5.41) is 5.40. The molecule has 3 fully saturated rings. The number of piperidine rings is 1. The number of carbonyl (C=O) groups is 1. The van der Waals surface area contributed by atoms with E-state index in [1.165, 1.54) is 31.5 Å². The Hall–Kier alpha value is -4.10. The summed E-state index contributed by atoms with van der Waals surface area (Å²) in [5.74, 6) is 0.927. The molecule has 2 amide bonds. The molecule has 2 bridgehead atoms. The normalized spacial score (nSPS) is 23.9. The Bertz CT molecular complexity index is 1710. The average molecular weight is 546 g/mol. The highest BCUT2D eigenvalue weighted by Crippen LogP contribution is 2.58. The highest BCUT2D eigenvalue weighted by molar-refractivity contribution is 6.11. The number of pyridine rings is 1. The molecule has 4 aromatic rings. The van der Waals surface area contributed by atoms with Crippen molar-refractivity contribution in [1.82, 2.24) is 9.88 Å². The number of benzene rings is 3. The fourth-order valence-electron chi connectivity index (χ4n) is 7.92. The minimum absolute atomic E-state index is 0.0956. The maximum absolute atomic E-state index is 13.8. The van der Waals surface area contributed by atoms with Gasteiger partial charge in [-0.2, -0.15) is 0 Å². The maximum atomic E-state index is 13.8. The topological polar surface area (TPSA) is 60.7 Å². The van der Waals surface area contributed by atoms with Crippen LogP contribution < -0.4 is 19.9 Å². The first-order valence-electron chi connectivity index (χ1n) is 14.7. The van der Waals surface area contributed by atoms with Gasteiger partial charge in [-0.1, -0.05) is 30.3 Å². The van der Waals surface area contributed by atoms with Crippen molar-refractivity contribution in [1.29, 1.82) is 0 Å². The summed E-state index contributed by atoms with van der Waals surface area (Å²) >= 11 is 0. The summed E-state index contributed by atoms with van der Waals surface area (Å²) < 4.78 is 5.90. The largest absolute Gasteiger partial charge is 0.495 e. The number of hydrogen-bond acceptors (Lipinski definition) is 5. The van der Waals surface area contributed by atoms with Crippen molar-refractivity contribution in [3.8, 4) is 16.9 Å². The SMILES string of the molecule is COc1cc2c(cc1N1C3CCN4CCC31C4)N(C(=O)Nc1cccc3c(-c4cc(C)nc(C)c4)cccc13)CC2. The van der Waals surface area contributed by atoms with Crippen LogP contribution in [0, 0.1) is 13.8 Å². The average Bonchev–Trinajstić information content (AvgIpc) is 3.21. The van der Waals surface area contributed by atoms with Crippen LogP contribution in [0.3, 0.4) is 0 Å². The molecule has 0 aliphatic carbocycles. The van der Waals surface area contributed by atoms with Gasteiger partial charge in [0.25, 0.3) is 0 Å². The van der Waals surface area contributed by atoms with Gasteiger partial charge in [0.05, 0.1) is 35.8 Å². The summed E-state index contributed by atoms with van der Waals surface area (Å²) in [6.45, 7) is 8.21. The van der Waals surface area contributed by atoms with Gasteiger partial charge in [0, 0.05) is 43.0 Å². The monoisotopic (exact) mass is 545 g/mol. The molecule has 7 nitrogen and oxygen atoms in total. The van der Waals surface area contributed by atoms with E-state index in [0.29, 0.717) is 12.6 Å². The van der Waals surface area contributed by atoms with Crippen molar-refractivity contribution < 1.29 is 9.53 Å². The molecule has 3 aromatic carbocycles. The molecule has 1 aromatic heterocycles. The molecule has 41 heavy (non-hydrogen) atoms. The Labute approximate surface area is 240 Å². The molecule has 1 spiro atoms. The lowest BCUT2D eigenvalue weighted by atomic mass is 9.97. The van der Waals surface area contributed by atoms with Gasteiger partial charge in [0.15, 0.2) is 0 Å². The van der Waals surface area contributed by atoms with Gasteiger partial charge in [-0.3, -0.25) is 9.88 Å². The Morgan fingerprint density at radius 3 is 2.61 bits per heavy atom. The highest BCUT2D eigenvalue weighted by Gasteiger charge is 2.67. The van der Waals surface area contributed by atoms with E-state index in [1.54, 1.807) is 7.11 Å². The zero-order valence-electron chi connectivity index (χ0n) is 23.9. The number of methoxy groups -OCH3 is 1. The van der Waals surface area contributed by atoms with Crippen molar-refractivity contribution in [2.45, 2.75) is 44.7 Å². The van der Waals surface area contributed by atoms with Crippen LogP contribution in [-0.2, 0) is 6.42 Å². The van der Waals surface area contributed by atoms with E-state index in [9.17, 15) is 4.79 Å². The van der Waals surface area contributed by atoms with E-state index in [4.69, 9.17) is 4.74 Å². The molecule has 8 rings (SSSR count). The maximum Gasteiger partial charge on any atom is 0.326 e. The quantitative estimate of drug-likeness (QED) is 0.311. The third-order valence-electron chi connectivity index (χ3n) is 9.76. The van der Waals surface area contributed by atoms with E-state index in [2.05, 4.69) is 68.6 Å². The molecule has 3 unspecified atom stereocenters. The van der Waals surface area contributed by atoms with Gasteiger partial charge in [0.2, 0.25) is 0 Å². The second-order valence-corrected chi connectivity index (χ2v) is 12.1. The van der Waals surface area contributed by atoms with Crippen LogP contribution in [0.5, 0.6) is 5.75 Å². The van der Waals surface area contributed by atoms with Crippen molar-refractivity contribution in [2.75, 3.05) is 48.4 Å². The third-order valence-corrected chi connectivity index (χ3v) is 9.76. The van der Waals surface area contributed by atoms with E-state index >= 15 is 0 Å². The van der Waals surface area contributed by atoms with Crippen molar-refractivity contribution >= 4 is 33.9 Å². The molecule has 3 saturated heterocycles. The molecule has 4 aliphatic heterocycles. The van der Waals surface area contributed by atoms with Crippen LogP contribution in [0.25, 0.3) is 21.9 Å². The standard InChI is InChI=1S/C34H35N5O2/c1-21-16-24(17-22(2)35-21)25-6-4-8-27-26(25)7-5-9-28(27)36-33(40)38-14-10-23-18-31(41-3)30(19-29(23)38)39-32-11-13-37-15-12-34(32,39)20-37/h4-9,16-19,32H,10-15,20H2,1-3H3,(H,36,40). The molecular formula is C34H35N5O2. The smallest absolute Gasteiger partial charge is 0.326 e. The molecule has 3 atom stereocenters. The molecule has 7 heteroatoms. The second-order valence-electron chi connectivity index (χ2n) is 12.1. The number of urea groups is 1. The number of aryl methyl sites for hydroxylation is 2. The number of amides is 2. The van der Waals surface area contributed by atoms with Gasteiger partial charge in [-0.15, -0.1) is 0 Å². The first-order chi connectivity index (χ1) is 19.9. The summed E-state index contributed by atoms with van der Waals surface area (Å²) in [7, 11) is 1.76. The Morgan fingerprint density at radius 2 is 1.78 bits per heavy atom. The Kier molecular flexibility index (Phi) is 5.39. The number of nitrogens with one attached hydrogen (secondary N) is 1. The van der Waals surface area contributed by atoms with Crippen molar-refractivity contribution in [3.63, 3.8) is 0 Å². The third kappa shape index (κ3) is 3.75. The zero-order chi connectivity index (χ0) is 27.9. The Balaban J connectivity index is 1.12. The lowest BCUT2D eigenvalue weighted by molar-refractivity contribution is 0.257. The van der Waals surface area contributed by atoms with Crippen molar-refractivity contribution in [2.24, 2.45) is 0 Å². The van der Waals surface area contributed by atoms with Gasteiger partial charge < -0.3 is 19.9 Å². The number of nitrogens with zero attached hydrogens (tertiary/aromatic N) is 4. The molecule has 5 heterocycles. The second kappa shape index (κ2) is 8.95.